The molecule has 0 spiro atoms. The first-order valence-corrected chi connectivity index (χ1v) is 8.44. The summed E-state index contributed by atoms with van der Waals surface area (Å²) < 4.78 is 5.51. The molecule has 0 heterocycles. The molecule has 2 aromatic rings. The lowest BCUT2D eigenvalue weighted by atomic mass is 10.1. The van der Waals surface area contributed by atoms with Crippen molar-refractivity contribution in [1.29, 1.82) is 0 Å². The Kier molecular flexibility index (Phi) is 7.37. The fourth-order valence-corrected chi connectivity index (χ4v) is 2.32. The van der Waals surface area contributed by atoms with Crippen molar-refractivity contribution in [2.45, 2.75) is 13.0 Å². The van der Waals surface area contributed by atoms with Crippen LogP contribution in [0.15, 0.2) is 48.5 Å². The number of benzene rings is 2. The van der Waals surface area contributed by atoms with Crippen LogP contribution in [-0.2, 0) is 4.79 Å². The fraction of sp³-hybridized carbons (Fsp3) is 0.278. The van der Waals surface area contributed by atoms with Crippen LogP contribution in [0.3, 0.4) is 0 Å². The summed E-state index contributed by atoms with van der Waals surface area (Å²) in [5.74, 6) is 0.652. The summed E-state index contributed by atoms with van der Waals surface area (Å²) in [6.07, 6.45) is 0. The molecule has 0 aliphatic carbocycles. The van der Waals surface area contributed by atoms with E-state index in [1.807, 2.05) is 31.2 Å². The minimum absolute atomic E-state index is 0.0679. The largest absolute Gasteiger partial charge is 0.492 e. The van der Waals surface area contributed by atoms with Gasteiger partial charge in [-0.15, -0.1) is 0 Å². The second-order valence-electron chi connectivity index (χ2n) is 5.31. The SMILES string of the molecule is C[C@@H](NCC(=O)NCCOc1ccc(Cl)cc1)c1ccc(Cl)cc1. The minimum atomic E-state index is -0.0736. The van der Waals surface area contributed by atoms with Gasteiger partial charge in [0.25, 0.3) is 0 Å². The van der Waals surface area contributed by atoms with E-state index in [2.05, 4.69) is 10.6 Å². The number of hydrogen-bond donors (Lipinski definition) is 2. The summed E-state index contributed by atoms with van der Waals surface area (Å²) in [5.41, 5.74) is 1.08. The van der Waals surface area contributed by atoms with Gasteiger partial charge in [0.2, 0.25) is 5.91 Å². The van der Waals surface area contributed by atoms with Crippen molar-refractivity contribution in [3.8, 4) is 5.75 Å². The van der Waals surface area contributed by atoms with E-state index in [1.54, 1.807) is 24.3 Å². The average Bonchev–Trinajstić information content (AvgIpc) is 2.59. The molecule has 0 saturated carbocycles. The molecular weight excluding hydrogens is 347 g/mol. The molecule has 0 unspecified atom stereocenters. The molecule has 2 aromatic carbocycles. The lowest BCUT2D eigenvalue weighted by molar-refractivity contribution is -0.120. The molecule has 1 amide bonds. The molecular formula is C18H20Cl2N2O2. The van der Waals surface area contributed by atoms with Gasteiger partial charge in [-0.2, -0.15) is 0 Å². The molecule has 24 heavy (non-hydrogen) atoms. The summed E-state index contributed by atoms with van der Waals surface area (Å²) in [5, 5.41) is 7.34. The number of carbonyl (C=O) groups excluding carboxylic acids is 1. The summed E-state index contributed by atoms with van der Waals surface area (Å²) in [7, 11) is 0. The van der Waals surface area contributed by atoms with Crippen LogP contribution in [0.25, 0.3) is 0 Å². The average molecular weight is 367 g/mol. The maximum atomic E-state index is 11.8. The molecule has 0 fully saturated rings. The first-order valence-electron chi connectivity index (χ1n) is 7.68. The maximum absolute atomic E-state index is 11.8. The number of hydrogen-bond acceptors (Lipinski definition) is 3. The van der Waals surface area contributed by atoms with Crippen molar-refractivity contribution >= 4 is 29.1 Å². The van der Waals surface area contributed by atoms with Crippen molar-refractivity contribution < 1.29 is 9.53 Å². The summed E-state index contributed by atoms with van der Waals surface area (Å²) in [6, 6.07) is 14.7. The quantitative estimate of drug-likeness (QED) is 0.697. The van der Waals surface area contributed by atoms with Crippen LogP contribution in [0.2, 0.25) is 10.0 Å². The van der Waals surface area contributed by atoms with Gasteiger partial charge in [-0.3, -0.25) is 4.79 Å². The Morgan fingerprint density at radius 1 is 1.04 bits per heavy atom. The monoisotopic (exact) mass is 366 g/mol. The van der Waals surface area contributed by atoms with Gasteiger partial charge < -0.3 is 15.4 Å². The highest BCUT2D eigenvalue weighted by atomic mass is 35.5. The number of ether oxygens (including phenoxy) is 1. The predicted octanol–water partition coefficient (Wildman–Crippen LogP) is 3.84. The highest BCUT2D eigenvalue weighted by Gasteiger charge is 2.07. The van der Waals surface area contributed by atoms with E-state index < -0.39 is 0 Å². The van der Waals surface area contributed by atoms with Gasteiger partial charge >= 0.3 is 0 Å². The molecule has 4 nitrogen and oxygen atoms in total. The zero-order valence-corrected chi connectivity index (χ0v) is 14.9. The van der Waals surface area contributed by atoms with Crippen molar-refractivity contribution in [2.75, 3.05) is 19.7 Å². The molecule has 6 heteroatoms. The Morgan fingerprint density at radius 3 is 2.25 bits per heavy atom. The zero-order chi connectivity index (χ0) is 17.4. The third kappa shape index (κ3) is 6.40. The van der Waals surface area contributed by atoms with Crippen molar-refractivity contribution in [1.82, 2.24) is 10.6 Å². The molecule has 2 rings (SSSR count). The standard InChI is InChI=1S/C18H20Cl2N2O2/c1-13(14-2-4-15(19)5-3-14)22-12-18(23)21-10-11-24-17-8-6-16(20)7-9-17/h2-9,13,22H,10-12H2,1H3,(H,21,23)/t13-/m1/s1. The molecule has 0 aromatic heterocycles. The predicted molar refractivity (Wildman–Crippen MR) is 97.8 cm³/mol. The van der Waals surface area contributed by atoms with E-state index in [4.69, 9.17) is 27.9 Å². The maximum Gasteiger partial charge on any atom is 0.234 e. The molecule has 1 atom stereocenters. The fourth-order valence-electron chi connectivity index (χ4n) is 2.07. The Balaban J connectivity index is 1.62. The molecule has 0 saturated heterocycles. The van der Waals surface area contributed by atoms with Crippen LogP contribution in [-0.4, -0.2) is 25.6 Å². The van der Waals surface area contributed by atoms with E-state index >= 15 is 0 Å². The Hall–Kier alpha value is -1.75. The number of rotatable bonds is 8. The highest BCUT2D eigenvalue weighted by Crippen LogP contribution is 2.16. The van der Waals surface area contributed by atoms with Gasteiger partial charge in [0.05, 0.1) is 13.1 Å². The Labute approximate surface area is 152 Å². The van der Waals surface area contributed by atoms with Crippen LogP contribution in [0.4, 0.5) is 0 Å². The third-order valence-electron chi connectivity index (χ3n) is 3.45. The van der Waals surface area contributed by atoms with Gasteiger partial charge in [0.1, 0.15) is 12.4 Å². The number of nitrogens with one attached hydrogen (secondary N) is 2. The van der Waals surface area contributed by atoms with E-state index in [0.717, 1.165) is 11.3 Å². The van der Waals surface area contributed by atoms with Crippen LogP contribution in [0, 0.1) is 0 Å². The first kappa shape index (κ1) is 18.6. The van der Waals surface area contributed by atoms with Gasteiger partial charge in [-0.25, -0.2) is 0 Å². The molecule has 128 valence electrons. The van der Waals surface area contributed by atoms with Crippen molar-refractivity contribution in [2.24, 2.45) is 0 Å². The lowest BCUT2D eigenvalue weighted by Crippen LogP contribution is -2.36. The van der Waals surface area contributed by atoms with E-state index in [1.165, 1.54) is 0 Å². The topological polar surface area (TPSA) is 50.4 Å². The lowest BCUT2D eigenvalue weighted by Gasteiger charge is -2.14. The van der Waals surface area contributed by atoms with Crippen LogP contribution in [0.5, 0.6) is 5.75 Å². The van der Waals surface area contributed by atoms with E-state index in [9.17, 15) is 4.79 Å². The van der Waals surface area contributed by atoms with Crippen LogP contribution >= 0.6 is 23.2 Å². The summed E-state index contributed by atoms with van der Waals surface area (Å²) >= 11 is 11.7. The van der Waals surface area contributed by atoms with Crippen molar-refractivity contribution in [3.63, 3.8) is 0 Å². The summed E-state index contributed by atoms with van der Waals surface area (Å²) in [6.45, 7) is 3.09. The van der Waals surface area contributed by atoms with Crippen LogP contribution < -0.4 is 15.4 Å². The van der Waals surface area contributed by atoms with Gasteiger partial charge in [0.15, 0.2) is 0 Å². The van der Waals surface area contributed by atoms with E-state index in [-0.39, 0.29) is 18.5 Å². The molecule has 0 radical (unpaired) electrons. The number of halogens is 2. The summed E-state index contributed by atoms with van der Waals surface area (Å²) in [4.78, 5) is 11.8. The van der Waals surface area contributed by atoms with Gasteiger partial charge in [-0.05, 0) is 48.9 Å². The molecule has 0 bridgehead atoms. The first-order chi connectivity index (χ1) is 11.5. The second-order valence-corrected chi connectivity index (χ2v) is 6.18. The van der Waals surface area contributed by atoms with Crippen molar-refractivity contribution in [3.05, 3.63) is 64.1 Å². The van der Waals surface area contributed by atoms with Gasteiger partial charge in [-0.1, -0.05) is 35.3 Å². The third-order valence-corrected chi connectivity index (χ3v) is 3.95. The highest BCUT2D eigenvalue weighted by molar-refractivity contribution is 6.30. The van der Waals surface area contributed by atoms with E-state index in [0.29, 0.717) is 23.2 Å². The normalized spacial score (nSPS) is 11.8. The smallest absolute Gasteiger partial charge is 0.234 e. The second kappa shape index (κ2) is 9.52. The molecule has 0 aliphatic heterocycles. The molecule has 2 N–H and O–H groups in total. The number of carbonyl (C=O) groups is 1. The number of amides is 1. The van der Waals surface area contributed by atoms with Crippen LogP contribution in [0.1, 0.15) is 18.5 Å². The Bertz CT molecular complexity index is 645. The Morgan fingerprint density at radius 2 is 1.62 bits per heavy atom. The minimum Gasteiger partial charge on any atom is -0.492 e. The zero-order valence-electron chi connectivity index (χ0n) is 13.4. The molecule has 0 aliphatic rings. The van der Waals surface area contributed by atoms with Gasteiger partial charge in [0, 0.05) is 16.1 Å².